The first-order valence-corrected chi connectivity index (χ1v) is 9.88. The van der Waals surface area contributed by atoms with Gasteiger partial charge in [0.1, 0.15) is 0 Å². The largest absolute Gasteiger partial charge is 0.335 e. The van der Waals surface area contributed by atoms with Crippen molar-refractivity contribution >= 4 is 5.69 Å². The quantitative estimate of drug-likeness (QED) is 0.630. The molecule has 0 amide bonds. The molecule has 2 aliphatic rings. The van der Waals surface area contributed by atoms with Crippen molar-refractivity contribution < 1.29 is 4.52 Å². The molecule has 2 aliphatic carbocycles. The summed E-state index contributed by atoms with van der Waals surface area (Å²) in [6.45, 7) is 8.23. The molecule has 1 unspecified atom stereocenters. The minimum atomic E-state index is -0.0430. The highest BCUT2D eigenvalue weighted by Gasteiger charge is 2.46. The summed E-state index contributed by atoms with van der Waals surface area (Å²) in [7, 11) is 0. The topological polar surface area (TPSA) is 55.3 Å². The molecule has 28 heavy (non-hydrogen) atoms. The number of nitrogens with zero attached hydrogens (tertiary/aromatic N) is 3. The van der Waals surface area contributed by atoms with Crippen molar-refractivity contribution in [3.8, 4) is 11.5 Å². The van der Waals surface area contributed by atoms with Crippen LogP contribution in [0.25, 0.3) is 16.3 Å². The van der Waals surface area contributed by atoms with E-state index in [2.05, 4.69) is 45.7 Å². The molecule has 2 fully saturated rings. The van der Waals surface area contributed by atoms with Gasteiger partial charge in [-0.2, -0.15) is 4.98 Å². The molecular formula is C23H22N4O. The molecule has 1 aromatic heterocycles. The van der Waals surface area contributed by atoms with Gasteiger partial charge >= 0.3 is 0 Å². The van der Waals surface area contributed by atoms with Crippen LogP contribution in [0.15, 0.2) is 59.1 Å². The van der Waals surface area contributed by atoms with Gasteiger partial charge in [0.2, 0.25) is 5.89 Å². The molecule has 0 radical (unpaired) electrons. The second-order valence-corrected chi connectivity index (χ2v) is 7.93. The van der Waals surface area contributed by atoms with Gasteiger partial charge in [-0.25, -0.2) is 4.85 Å². The van der Waals surface area contributed by atoms with Gasteiger partial charge in [-0.3, -0.25) is 0 Å². The van der Waals surface area contributed by atoms with E-state index in [1.165, 1.54) is 18.4 Å². The third-order valence-corrected chi connectivity index (χ3v) is 6.19. The first-order valence-electron chi connectivity index (χ1n) is 9.88. The van der Waals surface area contributed by atoms with Crippen LogP contribution in [-0.2, 0) is 5.41 Å². The molecule has 2 saturated carbocycles. The average Bonchev–Trinajstić information content (AvgIpc) is 3.33. The van der Waals surface area contributed by atoms with E-state index in [0.717, 1.165) is 25.2 Å². The molecule has 0 aliphatic heterocycles. The van der Waals surface area contributed by atoms with Crippen molar-refractivity contribution in [2.75, 3.05) is 6.54 Å². The molecule has 0 saturated heterocycles. The summed E-state index contributed by atoms with van der Waals surface area (Å²) in [6, 6.07) is 18.6. The summed E-state index contributed by atoms with van der Waals surface area (Å²) >= 11 is 0. The Morgan fingerprint density at radius 3 is 2.64 bits per heavy atom. The van der Waals surface area contributed by atoms with E-state index >= 15 is 0 Å². The van der Waals surface area contributed by atoms with E-state index < -0.39 is 0 Å². The first-order chi connectivity index (χ1) is 13.8. The lowest BCUT2D eigenvalue weighted by Crippen LogP contribution is -2.45. The lowest BCUT2D eigenvalue weighted by Gasteiger charge is -2.39. The summed E-state index contributed by atoms with van der Waals surface area (Å²) in [4.78, 5) is 8.26. The highest BCUT2D eigenvalue weighted by molar-refractivity contribution is 5.72. The molecule has 2 atom stereocenters. The van der Waals surface area contributed by atoms with Crippen molar-refractivity contribution in [2.24, 2.45) is 0 Å². The zero-order valence-corrected chi connectivity index (χ0v) is 15.6. The molecular weight excluding hydrogens is 348 g/mol. The molecule has 5 heteroatoms. The van der Waals surface area contributed by atoms with Crippen LogP contribution in [-0.4, -0.2) is 22.7 Å². The van der Waals surface area contributed by atoms with Gasteiger partial charge in [-0.1, -0.05) is 66.2 Å². The number of aromatic nitrogens is 2. The van der Waals surface area contributed by atoms with E-state index in [1.807, 2.05) is 18.2 Å². The van der Waals surface area contributed by atoms with Gasteiger partial charge in [0.05, 0.1) is 6.57 Å². The summed E-state index contributed by atoms with van der Waals surface area (Å²) in [5, 5.41) is 8.06. The van der Waals surface area contributed by atoms with Crippen LogP contribution in [0.2, 0.25) is 0 Å². The Hall–Kier alpha value is -2.97. The molecule has 0 spiro atoms. The lowest BCUT2D eigenvalue weighted by atomic mass is 9.68. The van der Waals surface area contributed by atoms with Crippen LogP contribution in [0.4, 0.5) is 5.69 Å². The maximum absolute atomic E-state index is 7.35. The highest BCUT2D eigenvalue weighted by Crippen LogP contribution is 2.45. The van der Waals surface area contributed by atoms with Crippen molar-refractivity contribution in [3.05, 3.63) is 77.4 Å². The number of para-hydroxylation sites is 1. The van der Waals surface area contributed by atoms with Gasteiger partial charge in [0.15, 0.2) is 11.5 Å². The molecule has 5 rings (SSSR count). The van der Waals surface area contributed by atoms with Crippen molar-refractivity contribution in [3.63, 3.8) is 0 Å². The van der Waals surface area contributed by atoms with Crippen LogP contribution in [0.5, 0.6) is 0 Å². The van der Waals surface area contributed by atoms with Crippen molar-refractivity contribution in [1.29, 1.82) is 0 Å². The summed E-state index contributed by atoms with van der Waals surface area (Å²) in [5.74, 6) is 1.84. The maximum Gasteiger partial charge on any atom is 0.247 e. The monoisotopic (exact) mass is 370 g/mol. The summed E-state index contributed by atoms with van der Waals surface area (Å²) in [6.07, 6.45) is 4.53. The predicted molar refractivity (Wildman–Crippen MR) is 107 cm³/mol. The fourth-order valence-corrected chi connectivity index (χ4v) is 4.20. The fourth-order valence-electron chi connectivity index (χ4n) is 4.20. The normalized spacial score (nSPS) is 22.2. The molecule has 5 nitrogen and oxygen atoms in total. The summed E-state index contributed by atoms with van der Waals surface area (Å²) < 4.78 is 5.56. The Morgan fingerprint density at radius 2 is 1.89 bits per heavy atom. The van der Waals surface area contributed by atoms with Gasteiger partial charge in [-0.05, 0) is 24.8 Å². The number of hydrogen-bond donors (Lipinski definition) is 1. The number of hydrogen-bond acceptors (Lipinski definition) is 4. The lowest BCUT2D eigenvalue weighted by molar-refractivity contribution is 0.211. The molecule has 2 aromatic carbocycles. The van der Waals surface area contributed by atoms with E-state index in [1.54, 1.807) is 6.07 Å². The van der Waals surface area contributed by atoms with Gasteiger partial charge in [0.25, 0.3) is 0 Å². The van der Waals surface area contributed by atoms with E-state index in [-0.39, 0.29) is 5.41 Å². The van der Waals surface area contributed by atoms with Crippen LogP contribution in [0.3, 0.4) is 0 Å². The smallest absolute Gasteiger partial charge is 0.247 e. The Bertz CT molecular complexity index is 1020. The van der Waals surface area contributed by atoms with Crippen LogP contribution < -0.4 is 5.32 Å². The van der Waals surface area contributed by atoms with Gasteiger partial charge in [0, 0.05) is 29.5 Å². The Labute approximate surface area is 164 Å². The second kappa shape index (κ2) is 6.88. The van der Waals surface area contributed by atoms with Crippen molar-refractivity contribution in [1.82, 2.24) is 15.5 Å². The SMILES string of the molecule is [C-]#[N+]c1ccccc1-c1nc(C2(CN[C@H]3CC3c3ccccc3)CCC2)no1. The van der Waals surface area contributed by atoms with Crippen LogP contribution in [0, 0.1) is 6.57 Å². The van der Waals surface area contributed by atoms with Crippen LogP contribution in [0.1, 0.15) is 43.0 Å². The number of benzene rings is 2. The average molecular weight is 370 g/mol. The predicted octanol–water partition coefficient (Wildman–Crippen LogP) is 4.85. The van der Waals surface area contributed by atoms with Gasteiger partial charge in [-0.15, -0.1) is 0 Å². The minimum absolute atomic E-state index is 0.0430. The van der Waals surface area contributed by atoms with E-state index in [9.17, 15) is 0 Å². The molecule has 0 bridgehead atoms. The Morgan fingerprint density at radius 1 is 1.11 bits per heavy atom. The molecule has 1 N–H and O–H groups in total. The molecule has 3 aromatic rings. The number of rotatable bonds is 6. The minimum Gasteiger partial charge on any atom is -0.335 e. The zero-order valence-electron chi connectivity index (χ0n) is 15.6. The first kappa shape index (κ1) is 17.2. The molecule has 140 valence electrons. The van der Waals surface area contributed by atoms with E-state index in [0.29, 0.717) is 29.1 Å². The summed E-state index contributed by atoms with van der Waals surface area (Å²) in [5.41, 5.74) is 2.63. The zero-order chi connectivity index (χ0) is 19.0. The van der Waals surface area contributed by atoms with E-state index in [4.69, 9.17) is 16.1 Å². The maximum atomic E-state index is 7.35. The van der Waals surface area contributed by atoms with Gasteiger partial charge < -0.3 is 9.84 Å². The molecule has 1 heterocycles. The third-order valence-electron chi connectivity index (χ3n) is 6.19. The fraction of sp³-hybridized carbons (Fsp3) is 0.348. The van der Waals surface area contributed by atoms with Crippen molar-refractivity contribution in [2.45, 2.75) is 43.1 Å². The third kappa shape index (κ3) is 3.00. The standard InChI is InChI=1S/C23H22N4O/c1-24-19-11-6-5-10-17(19)21-26-22(27-28-21)23(12-7-13-23)15-25-20-14-18(20)16-8-3-2-4-9-16/h2-6,8-11,18,20,25H,7,12-15H2/t18?,20-/m0/s1. The van der Waals surface area contributed by atoms with Crippen LogP contribution >= 0.6 is 0 Å². The Balaban J connectivity index is 1.30. The highest BCUT2D eigenvalue weighted by atomic mass is 16.5. The Kier molecular flexibility index (Phi) is 4.22. The number of nitrogens with one attached hydrogen (secondary N) is 1. The second-order valence-electron chi connectivity index (χ2n) is 7.93.